The van der Waals surface area contributed by atoms with E-state index in [0.717, 1.165) is 0 Å². The molecule has 0 bridgehead atoms. The lowest BCUT2D eigenvalue weighted by Crippen LogP contribution is -1.97. The van der Waals surface area contributed by atoms with Gasteiger partial charge in [0, 0.05) is 6.54 Å². The van der Waals surface area contributed by atoms with Crippen LogP contribution in [0, 0.1) is 0 Å². The molecule has 3 aromatic heterocycles. The first-order valence-corrected chi connectivity index (χ1v) is 5.12. The van der Waals surface area contributed by atoms with Crippen LogP contribution in [0.3, 0.4) is 0 Å². The van der Waals surface area contributed by atoms with E-state index < -0.39 is 0 Å². The second-order valence-corrected chi connectivity index (χ2v) is 3.50. The Labute approximate surface area is 95.7 Å². The van der Waals surface area contributed by atoms with E-state index in [1.54, 1.807) is 6.20 Å². The minimum atomic E-state index is 0.0968. The number of aromatic nitrogens is 5. The van der Waals surface area contributed by atoms with Crippen molar-refractivity contribution < 1.29 is 9.74 Å². The summed E-state index contributed by atoms with van der Waals surface area (Å²) in [5.74, 6) is 0.701. The molecular weight excluding hydrogens is 222 g/mol. The van der Waals surface area contributed by atoms with Gasteiger partial charge in [0.15, 0.2) is 17.3 Å². The van der Waals surface area contributed by atoms with Gasteiger partial charge in [0.2, 0.25) is 0 Å². The highest BCUT2D eigenvalue weighted by Crippen LogP contribution is 2.28. The van der Waals surface area contributed by atoms with Crippen LogP contribution in [0.2, 0.25) is 0 Å². The summed E-state index contributed by atoms with van der Waals surface area (Å²) in [6, 6.07) is 0. The highest BCUT2D eigenvalue weighted by Gasteiger charge is 2.16. The molecule has 0 saturated heterocycles. The molecule has 17 heavy (non-hydrogen) atoms. The largest absolute Gasteiger partial charge is 0.504 e. The molecule has 0 fully saturated rings. The minimum absolute atomic E-state index is 0.0968. The topological polar surface area (TPSA) is 89.9 Å². The molecule has 0 aliphatic rings. The van der Waals surface area contributed by atoms with Gasteiger partial charge in [-0.1, -0.05) is 5.16 Å². The molecule has 0 aliphatic heterocycles. The maximum Gasteiger partial charge on any atom is 0.170 e. The molecule has 0 atom stereocenters. The van der Waals surface area contributed by atoms with E-state index in [0.29, 0.717) is 29.1 Å². The zero-order chi connectivity index (χ0) is 11.8. The van der Waals surface area contributed by atoms with E-state index in [-0.39, 0.29) is 5.75 Å². The molecule has 86 valence electrons. The number of nitrogens with zero attached hydrogens (tertiary/aromatic N) is 5. The Kier molecular flexibility index (Phi) is 2.04. The summed E-state index contributed by atoms with van der Waals surface area (Å²) in [6.07, 6.45) is 4.47. The van der Waals surface area contributed by atoms with Crippen molar-refractivity contribution in [2.24, 2.45) is 0 Å². The van der Waals surface area contributed by atoms with Crippen LogP contribution in [0.4, 0.5) is 0 Å². The van der Waals surface area contributed by atoms with Gasteiger partial charge in [0.25, 0.3) is 0 Å². The average Bonchev–Trinajstić information content (AvgIpc) is 2.95. The zero-order valence-corrected chi connectivity index (χ0v) is 9.03. The Morgan fingerprint density at radius 3 is 2.94 bits per heavy atom. The number of rotatable bonds is 2. The van der Waals surface area contributed by atoms with Crippen LogP contribution in [0.5, 0.6) is 5.75 Å². The number of aryl methyl sites for hydroxylation is 1. The molecule has 3 rings (SSSR count). The van der Waals surface area contributed by atoms with Crippen molar-refractivity contribution in [3.05, 3.63) is 18.6 Å². The van der Waals surface area contributed by atoms with Crippen molar-refractivity contribution >= 4 is 11.0 Å². The van der Waals surface area contributed by atoms with Crippen LogP contribution < -0.4 is 0 Å². The Balaban J connectivity index is 2.37. The second kappa shape index (κ2) is 3.55. The quantitative estimate of drug-likeness (QED) is 0.712. The van der Waals surface area contributed by atoms with Crippen molar-refractivity contribution in [1.82, 2.24) is 24.8 Å². The van der Waals surface area contributed by atoms with E-state index in [9.17, 15) is 5.11 Å². The number of imidazole rings is 1. The highest BCUT2D eigenvalue weighted by atomic mass is 16.6. The van der Waals surface area contributed by atoms with Crippen LogP contribution in [0.15, 0.2) is 23.2 Å². The number of aromatic hydroxyl groups is 1. The lowest BCUT2D eigenvalue weighted by Gasteiger charge is -2.03. The standard InChI is InChI=1S/C10H9N5O2/c1-2-15-9-6(3-11-5-8(9)16)13-10(15)7-4-12-17-14-7/h3-5,16H,2H2,1H3. The fourth-order valence-corrected chi connectivity index (χ4v) is 1.84. The number of pyridine rings is 1. The van der Waals surface area contributed by atoms with E-state index >= 15 is 0 Å². The normalized spacial score (nSPS) is 11.1. The molecule has 0 unspecified atom stereocenters. The molecular formula is C10H9N5O2. The van der Waals surface area contributed by atoms with E-state index in [4.69, 9.17) is 0 Å². The fraction of sp³-hybridized carbons (Fsp3) is 0.200. The molecule has 0 spiro atoms. The van der Waals surface area contributed by atoms with Crippen molar-refractivity contribution in [2.45, 2.75) is 13.5 Å². The summed E-state index contributed by atoms with van der Waals surface area (Å²) in [5.41, 5.74) is 1.78. The fourth-order valence-electron chi connectivity index (χ4n) is 1.84. The third-order valence-electron chi connectivity index (χ3n) is 2.54. The van der Waals surface area contributed by atoms with Gasteiger partial charge >= 0.3 is 0 Å². The molecule has 0 aromatic carbocycles. The highest BCUT2D eigenvalue weighted by molar-refractivity contribution is 5.84. The smallest absolute Gasteiger partial charge is 0.170 e. The van der Waals surface area contributed by atoms with Crippen molar-refractivity contribution in [3.63, 3.8) is 0 Å². The third kappa shape index (κ3) is 1.36. The summed E-state index contributed by atoms with van der Waals surface area (Å²) in [4.78, 5) is 8.26. The molecule has 7 heteroatoms. The SMILES string of the molecule is CCn1c(-c2cnon2)nc2cncc(O)c21. The molecule has 3 aromatic rings. The van der Waals surface area contributed by atoms with Crippen LogP contribution >= 0.6 is 0 Å². The summed E-state index contributed by atoms with van der Waals surface area (Å²) in [6.45, 7) is 2.61. The Bertz CT molecular complexity index is 659. The van der Waals surface area contributed by atoms with Gasteiger partial charge in [-0.15, -0.1) is 0 Å². The Morgan fingerprint density at radius 2 is 2.24 bits per heavy atom. The molecule has 3 heterocycles. The number of fused-ring (bicyclic) bond motifs is 1. The van der Waals surface area contributed by atoms with Crippen LogP contribution in [0.1, 0.15) is 6.92 Å². The van der Waals surface area contributed by atoms with Crippen molar-refractivity contribution in [3.8, 4) is 17.3 Å². The summed E-state index contributed by atoms with van der Waals surface area (Å²) >= 11 is 0. The van der Waals surface area contributed by atoms with Gasteiger partial charge in [-0.2, -0.15) is 0 Å². The van der Waals surface area contributed by atoms with E-state index in [1.807, 2.05) is 11.5 Å². The predicted octanol–water partition coefficient (Wildman–Crippen LogP) is 1.21. The summed E-state index contributed by atoms with van der Waals surface area (Å²) in [5, 5.41) is 17.1. The van der Waals surface area contributed by atoms with Crippen LogP contribution in [-0.4, -0.2) is 30.0 Å². The Morgan fingerprint density at radius 1 is 1.35 bits per heavy atom. The molecule has 0 amide bonds. The van der Waals surface area contributed by atoms with Gasteiger partial charge < -0.3 is 9.67 Å². The van der Waals surface area contributed by atoms with Gasteiger partial charge in [-0.3, -0.25) is 4.98 Å². The Hall–Kier alpha value is -2.44. The summed E-state index contributed by atoms with van der Waals surface area (Å²) in [7, 11) is 0. The lowest BCUT2D eigenvalue weighted by molar-refractivity contribution is 0.308. The zero-order valence-electron chi connectivity index (χ0n) is 9.03. The van der Waals surface area contributed by atoms with Gasteiger partial charge in [-0.25, -0.2) is 9.61 Å². The average molecular weight is 231 g/mol. The third-order valence-corrected chi connectivity index (χ3v) is 2.54. The van der Waals surface area contributed by atoms with E-state index in [1.165, 1.54) is 12.4 Å². The van der Waals surface area contributed by atoms with Gasteiger partial charge in [0.05, 0.1) is 12.4 Å². The minimum Gasteiger partial charge on any atom is -0.504 e. The molecule has 0 aliphatic carbocycles. The lowest BCUT2D eigenvalue weighted by atomic mass is 10.4. The van der Waals surface area contributed by atoms with Gasteiger partial charge in [0.1, 0.15) is 17.2 Å². The molecule has 0 saturated carbocycles. The number of hydrogen-bond acceptors (Lipinski definition) is 6. The number of hydrogen-bond donors (Lipinski definition) is 1. The maximum atomic E-state index is 9.81. The first-order valence-electron chi connectivity index (χ1n) is 5.12. The van der Waals surface area contributed by atoms with Gasteiger partial charge in [-0.05, 0) is 12.1 Å². The second-order valence-electron chi connectivity index (χ2n) is 3.50. The maximum absolute atomic E-state index is 9.81. The first-order chi connectivity index (χ1) is 8.31. The predicted molar refractivity (Wildman–Crippen MR) is 58.2 cm³/mol. The monoisotopic (exact) mass is 231 g/mol. The molecule has 7 nitrogen and oxygen atoms in total. The van der Waals surface area contributed by atoms with E-state index in [2.05, 4.69) is 24.9 Å². The molecule has 0 radical (unpaired) electrons. The van der Waals surface area contributed by atoms with Crippen LogP contribution in [-0.2, 0) is 6.54 Å². The van der Waals surface area contributed by atoms with Crippen molar-refractivity contribution in [1.29, 1.82) is 0 Å². The first kappa shape index (κ1) is 9.76. The van der Waals surface area contributed by atoms with Crippen LogP contribution in [0.25, 0.3) is 22.6 Å². The molecule has 1 N–H and O–H groups in total. The summed E-state index contributed by atoms with van der Waals surface area (Å²) < 4.78 is 6.40. The van der Waals surface area contributed by atoms with Crippen molar-refractivity contribution in [2.75, 3.05) is 0 Å².